The number of carbonyl (C=O) groups excluding carboxylic acids is 2. The molecule has 0 bridgehead atoms. The van der Waals surface area contributed by atoms with Gasteiger partial charge in [-0.15, -0.1) is 0 Å². The van der Waals surface area contributed by atoms with Gasteiger partial charge in [-0.3, -0.25) is 13.9 Å². The molecule has 11 heteroatoms. The third kappa shape index (κ3) is 6.56. The van der Waals surface area contributed by atoms with Crippen LogP contribution in [0.3, 0.4) is 0 Å². The highest BCUT2D eigenvalue weighted by atomic mass is 35.5. The highest BCUT2D eigenvalue weighted by Crippen LogP contribution is 2.34. The van der Waals surface area contributed by atoms with Crippen LogP contribution in [-0.4, -0.2) is 59.0 Å². The second-order valence-electron chi connectivity index (χ2n) is 8.31. The number of rotatable bonds is 11. The van der Waals surface area contributed by atoms with Crippen LogP contribution in [0.15, 0.2) is 77.7 Å². The molecule has 0 unspecified atom stereocenters. The van der Waals surface area contributed by atoms with Crippen molar-refractivity contribution < 1.29 is 27.5 Å². The average molecular weight is 560 g/mol. The molecule has 0 aliphatic heterocycles. The molecule has 9 nitrogen and oxygen atoms in total. The van der Waals surface area contributed by atoms with Crippen LogP contribution in [-0.2, 0) is 26.2 Å². The van der Waals surface area contributed by atoms with E-state index in [1.165, 1.54) is 50.4 Å². The van der Waals surface area contributed by atoms with Crippen molar-refractivity contribution in [3.8, 4) is 11.5 Å². The molecule has 0 heterocycles. The van der Waals surface area contributed by atoms with Gasteiger partial charge in [-0.25, -0.2) is 8.42 Å². The SMILES string of the molecule is CNC(=O)[C@H](C)N(Cc1cccc(Cl)c1)C(=O)CN(c1ccc(OC)c(OC)c1)S(=O)(=O)c1ccccc1. The number of halogens is 1. The lowest BCUT2D eigenvalue weighted by molar-refractivity contribution is -0.139. The molecule has 0 aromatic heterocycles. The van der Waals surface area contributed by atoms with Gasteiger partial charge in [0, 0.05) is 24.7 Å². The van der Waals surface area contributed by atoms with E-state index < -0.39 is 34.4 Å². The summed E-state index contributed by atoms with van der Waals surface area (Å²) >= 11 is 6.13. The highest BCUT2D eigenvalue weighted by molar-refractivity contribution is 7.92. The van der Waals surface area contributed by atoms with E-state index in [-0.39, 0.29) is 17.1 Å². The van der Waals surface area contributed by atoms with Crippen molar-refractivity contribution in [3.05, 3.63) is 83.4 Å². The molecule has 0 radical (unpaired) electrons. The van der Waals surface area contributed by atoms with E-state index in [1.54, 1.807) is 55.5 Å². The summed E-state index contributed by atoms with van der Waals surface area (Å²) in [5.74, 6) is -0.296. The lowest BCUT2D eigenvalue weighted by Gasteiger charge is -2.32. The van der Waals surface area contributed by atoms with Gasteiger partial charge in [-0.05, 0) is 48.9 Å². The van der Waals surface area contributed by atoms with Crippen LogP contribution in [0.2, 0.25) is 5.02 Å². The Morgan fingerprint density at radius 3 is 2.24 bits per heavy atom. The number of ether oxygens (including phenoxy) is 2. The second kappa shape index (κ2) is 12.7. The number of hydrogen-bond acceptors (Lipinski definition) is 6. The van der Waals surface area contributed by atoms with Gasteiger partial charge < -0.3 is 19.7 Å². The first-order valence-corrected chi connectivity index (χ1v) is 13.5. The van der Waals surface area contributed by atoms with E-state index in [0.29, 0.717) is 22.1 Å². The first-order valence-electron chi connectivity index (χ1n) is 11.7. The van der Waals surface area contributed by atoms with Gasteiger partial charge in [0.05, 0.1) is 24.8 Å². The summed E-state index contributed by atoms with van der Waals surface area (Å²) in [5.41, 5.74) is 0.875. The zero-order valence-corrected chi connectivity index (χ0v) is 23.1. The van der Waals surface area contributed by atoms with E-state index >= 15 is 0 Å². The highest BCUT2D eigenvalue weighted by Gasteiger charge is 2.32. The fraction of sp³-hybridized carbons (Fsp3) is 0.259. The molecule has 3 aromatic rings. The predicted octanol–water partition coefficient (Wildman–Crippen LogP) is 3.72. The molecule has 38 heavy (non-hydrogen) atoms. The molecule has 1 N–H and O–H groups in total. The topological polar surface area (TPSA) is 105 Å². The number of methoxy groups -OCH3 is 2. The minimum atomic E-state index is -4.19. The van der Waals surface area contributed by atoms with Crippen molar-refractivity contribution in [2.45, 2.75) is 24.4 Å². The quantitative estimate of drug-likeness (QED) is 0.384. The van der Waals surface area contributed by atoms with Crippen LogP contribution in [0.25, 0.3) is 0 Å². The molecule has 2 amide bonds. The van der Waals surface area contributed by atoms with Crippen LogP contribution in [0, 0.1) is 0 Å². The zero-order valence-electron chi connectivity index (χ0n) is 21.5. The number of benzene rings is 3. The van der Waals surface area contributed by atoms with Crippen LogP contribution < -0.4 is 19.1 Å². The second-order valence-corrected chi connectivity index (χ2v) is 10.6. The normalized spacial score (nSPS) is 11.8. The van der Waals surface area contributed by atoms with Gasteiger partial charge in [0.2, 0.25) is 11.8 Å². The number of carbonyl (C=O) groups is 2. The third-order valence-corrected chi connectivity index (χ3v) is 7.94. The predicted molar refractivity (Wildman–Crippen MR) is 146 cm³/mol. The summed E-state index contributed by atoms with van der Waals surface area (Å²) in [4.78, 5) is 27.7. The number of sulfonamides is 1. The Kier molecular flexibility index (Phi) is 9.60. The van der Waals surface area contributed by atoms with Gasteiger partial charge in [0.1, 0.15) is 12.6 Å². The number of nitrogens with one attached hydrogen (secondary N) is 1. The number of nitrogens with zero attached hydrogens (tertiary/aromatic N) is 2. The van der Waals surface area contributed by atoms with Crippen LogP contribution >= 0.6 is 11.6 Å². The Balaban J connectivity index is 2.08. The molecule has 1 atom stereocenters. The Labute approximate surface area is 228 Å². The molecule has 3 rings (SSSR count). The maximum absolute atomic E-state index is 13.8. The molecule has 202 valence electrons. The maximum Gasteiger partial charge on any atom is 0.264 e. The largest absolute Gasteiger partial charge is 0.493 e. The van der Waals surface area contributed by atoms with Crippen molar-refractivity contribution in [2.24, 2.45) is 0 Å². The number of likely N-dealkylation sites (N-methyl/N-ethyl adjacent to an activating group) is 1. The number of anilines is 1. The smallest absolute Gasteiger partial charge is 0.264 e. The van der Waals surface area contributed by atoms with Crippen molar-refractivity contribution in [2.75, 3.05) is 32.1 Å². The minimum Gasteiger partial charge on any atom is -0.493 e. The molecule has 3 aromatic carbocycles. The van der Waals surface area contributed by atoms with E-state index in [4.69, 9.17) is 21.1 Å². The van der Waals surface area contributed by atoms with Crippen molar-refractivity contribution >= 4 is 39.1 Å². The molecular formula is C27H30ClN3O6S. The fourth-order valence-electron chi connectivity index (χ4n) is 3.85. The Morgan fingerprint density at radius 2 is 1.63 bits per heavy atom. The molecular weight excluding hydrogens is 530 g/mol. The first-order chi connectivity index (χ1) is 18.1. The average Bonchev–Trinajstić information content (AvgIpc) is 2.93. The summed E-state index contributed by atoms with van der Waals surface area (Å²) in [6.45, 7) is 1.04. The Hall–Kier alpha value is -3.76. The molecule has 0 aliphatic rings. The van der Waals surface area contributed by atoms with Gasteiger partial charge in [0.15, 0.2) is 11.5 Å². The summed E-state index contributed by atoms with van der Waals surface area (Å²) in [5, 5.41) is 3.02. The van der Waals surface area contributed by atoms with Crippen molar-refractivity contribution in [1.82, 2.24) is 10.2 Å². The van der Waals surface area contributed by atoms with Crippen molar-refractivity contribution in [1.29, 1.82) is 0 Å². The van der Waals surface area contributed by atoms with E-state index in [1.807, 2.05) is 0 Å². The fourth-order valence-corrected chi connectivity index (χ4v) is 5.49. The van der Waals surface area contributed by atoms with Gasteiger partial charge in [-0.1, -0.05) is 41.9 Å². The number of hydrogen-bond donors (Lipinski definition) is 1. The first kappa shape index (κ1) is 28.8. The molecule has 0 fully saturated rings. The lowest BCUT2D eigenvalue weighted by atomic mass is 10.1. The molecule has 0 spiro atoms. The molecule has 0 saturated carbocycles. The molecule has 0 aliphatic carbocycles. The van der Waals surface area contributed by atoms with Crippen LogP contribution in [0.1, 0.15) is 12.5 Å². The van der Waals surface area contributed by atoms with Gasteiger partial charge in [0.25, 0.3) is 10.0 Å². The Bertz CT molecular complexity index is 1380. The van der Waals surface area contributed by atoms with E-state index in [2.05, 4.69) is 5.32 Å². The minimum absolute atomic E-state index is 0.00308. The standard InChI is InChI=1S/C27H30ClN3O6S/c1-19(27(33)29-2)30(17-20-9-8-10-21(28)15-20)26(32)18-31(38(34,35)23-11-6-5-7-12-23)22-13-14-24(36-3)25(16-22)37-4/h5-16,19H,17-18H2,1-4H3,(H,29,33)/t19-/m0/s1. The van der Waals surface area contributed by atoms with Crippen LogP contribution in [0.5, 0.6) is 11.5 Å². The monoisotopic (exact) mass is 559 g/mol. The summed E-state index contributed by atoms with van der Waals surface area (Å²) in [7, 11) is 0.175. The van der Waals surface area contributed by atoms with Crippen molar-refractivity contribution in [3.63, 3.8) is 0 Å². The summed E-state index contributed by atoms with van der Waals surface area (Å²) in [6.07, 6.45) is 0. The Morgan fingerprint density at radius 1 is 0.947 bits per heavy atom. The molecule has 0 saturated heterocycles. The maximum atomic E-state index is 13.8. The van der Waals surface area contributed by atoms with Crippen LogP contribution in [0.4, 0.5) is 5.69 Å². The summed E-state index contributed by atoms with van der Waals surface area (Å²) in [6, 6.07) is 18.4. The third-order valence-electron chi connectivity index (χ3n) is 5.92. The van der Waals surface area contributed by atoms with Gasteiger partial charge in [-0.2, -0.15) is 0 Å². The van der Waals surface area contributed by atoms with Gasteiger partial charge >= 0.3 is 0 Å². The number of amides is 2. The van der Waals surface area contributed by atoms with E-state index in [0.717, 1.165) is 4.31 Å². The van der Waals surface area contributed by atoms with E-state index in [9.17, 15) is 18.0 Å². The summed E-state index contributed by atoms with van der Waals surface area (Å²) < 4.78 is 39.2. The lowest BCUT2D eigenvalue weighted by Crippen LogP contribution is -2.50. The zero-order chi connectivity index (χ0) is 27.9.